The lowest BCUT2D eigenvalue weighted by Gasteiger charge is -1.96. The number of hydrogen-bond donors (Lipinski definition) is 0. The number of furan rings is 1. The van der Waals surface area contributed by atoms with Crippen LogP contribution in [0.15, 0.2) is 40.8 Å². The Labute approximate surface area is 78.0 Å². The molecule has 0 radical (unpaired) electrons. The van der Waals surface area contributed by atoms with Crippen LogP contribution in [0.25, 0.3) is 11.3 Å². The molecule has 1 heteroatoms. The van der Waals surface area contributed by atoms with Crippen LogP contribution in [-0.2, 0) is 0 Å². The van der Waals surface area contributed by atoms with Crippen molar-refractivity contribution in [1.82, 2.24) is 0 Å². The first-order valence-electron chi connectivity index (χ1n) is 4.39. The van der Waals surface area contributed by atoms with E-state index in [2.05, 4.69) is 31.2 Å². The van der Waals surface area contributed by atoms with Crippen molar-refractivity contribution in [3.63, 3.8) is 0 Å². The van der Waals surface area contributed by atoms with Crippen molar-refractivity contribution in [2.45, 2.75) is 13.8 Å². The van der Waals surface area contributed by atoms with Crippen LogP contribution >= 0.6 is 0 Å². The van der Waals surface area contributed by atoms with Gasteiger partial charge in [0.15, 0.2) is 0 Å². The van der Waals surface area contributed by atoms with Crippen molar-refractivity contribution in [3.05, 3.63) is 47.7 Å². The summed E-state index contributed by atoms with van der Waals surface area (Å²) in [5, 5.41) is 0. The lowest BCUT2D eigenvalue weighted by Crippen LogP contribution is -1.74. The third-order valence-electron chi connectivity index (χ3n) is 2.08. The summed E-state index contributed by atoms with van der Waals surface area (Å²) in [5.41, 5.74) is 2.41. The Morgan fingerprint density at radius 1 is 0.846 bits per heavy atom. The van der Waals surface area contributed by atoms with E-state index in [9.17, 15) is 0 Å². The van der Waals surface area contributed by atoms with Gasteiger partial charge in [0, 0.05) is 5.56 Å². The third-order valence-corrected chi connectivity index (χ3v) is 2.08. The Bertz CT molecular complexity index is 395. The van der Waals surface area contributed by atoms with Crippen LogP contribution in [0.4, 0.5) is 0 Å². The minimum atomic E-state index is 0.942. The molecule has 0 amide bonds. The average Bonchev–Trinajstić information content (AvgIpc) is 2.53. The summed E-state index contributed by atoms with van der Waals surface area (Å²) in [7, 11) is 0. The van der Waals surface area contributed by atoms with E-state index in [1.165, 1.54) is 5.56 Å². The minimum Gasteiger partial charge on any atom is -0.461 e. The molecule has 0 spiro atoms. The molecule has 1 aromatic carbocycles. The van der Waals surface area contributed by atoms with E-state index in [0.717, 1.165) is 17.1 Å². The molecular weight excluding hydrogens is 160 g/mol. The molecule has 0 bridgehead atoms. The molecule has 1 aromatic heterocycles. The zero-order chi connectivity index (χ0) is 9.26. The summed E-state index contributed by atoms with van der Waals surface area (Å²) >= 11 is 0. The van der Waals surface area contributed by atoms with E-state index in [4.69, 9.17) is 4.42 Å². The van der Waals surface area contributed by atoms with Gasteiger partial charge in [-0.1, -0.05) is 29.8 Å². The Kier molecular flexibility index (Phi) is 1.93. The number of benzene rings is 1. The van der Waals surface area contributed by atoms with Crippen molar-refractivity contribution in [2.75, 3.05) is 0 Å². The lowest BCUT2D eigenvalue weighted by molar-refractivity contribution is 0.548. The molecule has 0 unspecified atom stereocenters. The Balaban J connectivity index is 2.41. The van der Waals surface area contributed by atoms with Gasteiger partial charge in [0.2, 0.25) is 0 Å². The molecule has 0 saturated heterocycles. The molecule has 0 aliphatic rings. The highest BCUT2D eigenvalue weighted by Gasteiger charge is 2.00. The highest BCUT2D eigenvalue weighted by molar-refractivity contribution is 5.57. The van der Waals surface area contributed by atoms with Crippen molar-refractivity contribution < 1.29 is 4.42 Å². The molecule has 1 nitrogen and oxygen atoms in total. The normalized spacial score (nSPS) is 10.3. The molecule has 0 fully saturated rings. The number of aryl methyl sites for hydroxylation is 2. The first kappa shape index (κ1) is 8.11. The highest BCUT2D eigenvalue weighted by Crippen LogP contribution is 2.21. The molecule has 66 valence electrons. The smallest absolute Gasteiger partial charge is 0.134 e. The molecule has 13 heavy (non-hydrogen) atoms. The predicted molar refractivity (Wildman–Crippen MR) is 53.6 cm³/mol. The average molecular weight is 172 g/mol. The third kappa shape index (κ3) is 1.64. The van der Waals surface area contributed by atoms with Crippen LogP contribution < -0.4 is 0 Å². The van der Waals surface area contributed by atoms with Crippen molar-refractivity contribution in [1.29, 1.82) is 0 Å². The Hall–Kier alpha value is -1.50. The molecule has 2 aromatic rings. The molecular formula is C12H12O. The monoisotopic (exact) mass is 172 g/mol. The highest BCUT2D eigenvalue weighted by atomic mass is 16.3. The topological polar surface area (TPSA) is 13.1 Å². The van der Waals surface area contributed by atoms with E-state index in [1.54, 1.807) is 0 Å². The molecule has 0 aliphatic carbocycles. The van der Waals surface area contributed by atoms with E-state index in [0.29, 0.717) is 0 Å². The molecule has 0 saturated carbocycles. The molecule has 1 heterocycles. The second-order valence-corrected chi connectivity index (χ2v) is 3.28. The van der Waals surface area contributed by atoms with Gasteiger partial charge in [0.25, 0.3) is 0 Å². The summed E-state index contributed by atoms with van der Waals surface area (Å²) in [5.74, 6) is 1.90. The zero-order valence-corrected chi connectivity index (χ0v) is 7.87. The van der Waals surface area contributed by atoms with E-state index in [-0.39, 0.29) is 0 Å². The molecule has 0 aliphatic heterocycles. The maximum absolute atomic E-state index is 5.51. The Morgan fingerprint density at radius 2 is 1.54 bits per heavy atom. The van der Waals surface area contributed by atoms with Crippen LogP contribution in [0.3, 0.4) is 0 Å². The van der Waals surface area contributed by atoms with Crippen molar-refractivity contribution in [2.24, 2.45) is 0 Å². The molecule has 2 rings (SSSR count). The number of rotatable bonds is 1. The van der Waals surface area contributed by atoms with Crippen LogP contribution in [0, 0.1) is 13.8 Å². The second-order valence-electron chi connectivity index (χ2n) is 3.28. The van der Waals surface area contributed by atoms with Crippen LogP contribution in [-0.4, -0.2) is 0 Å². The molecule has 0 N–H and O–H groups in total. The van der Waals surface area contributed by atoms with Gasteiger partial charge in [-0.2, -0.15) is 0 Å². The number of hydrogen-bond acceptors (Lipinski definition) is 1. The van der Waals surface area contributed by atoms with Crippen molar-refractivity contribution >= 4 is 0 Å². The SMILES string of the molecule is Cc1ccc(-c2ccc(C)o2)cc1. The van der Waals surface area contributed by atoms with Gasteiger partial charge in [-0.3, -0.25) is 0 Å². The van der Waals surface area contributed by atoms with E-state index < -0.39 is 0 Å². The maximum atomic E-state index is 5.51. The fourth-order valence-electron chi connectivity index (χ4n) is 1.31. The summed E-state index contributed by atoms with van der Waals surface area (Å²) in [6.45, 7) is 4.04. The lowest BCUT2D eigenvalue weighted by atomic mass is 10.1. The van der Waals surface area contributed by atoms with Gasteiger partial charge in [-0.05, 0) is 26.0 Å². The minimum absolute atomic E-state index is 0.942. The summed E-state index contributed by atoms with van der Waals surface area (Å²) in [6, 6.07) is 12.3. The standard InChI is InChI=1S/C12H12O/c1-9-3-6-11(7-4-9)12-8-5-10(2)13-12/h3-8H,1-2H3. The van der Waals surface area contributed by atoms with Gasteiger partial charge in [-0.15, -0.1) is 0 Å². The predicted octanol–water partition coefficient (Wildman–Crippen LogP) is 3.56. The first-order chi connectivity index (χ1) is 6.25. The van der Waals surface area contributed by atoms with E-state index >= 15 is 0 Å². The summed E-state index contributed by atoms with van der Waals surface area (Å²) in [6.07, 6.45) is 0. The van der Waals surface area contributed by atoms with Gasteiger partial charge in [0.05, 0.1) is 0 Å². The van der Waals surface area contributed by atoms with Crippen LogP contribution in [0.1, 0.15) is 11.3 Å². The van der Waals surface area contributed by atoms with Crippen molar-refractivity contribution in [3.8, 4) is 11.3 Å². The zero-order valence-electron chi connectivity index (χ0n) is 7.87. The first-order valence-corrected chi connectivity index (χ1v) is 4.39. The van der Waals surface area contributed by atoms with Crippen LogP contribution in [0.5, 0.6) is 0 Å². The fourth-order valence-corrected chi connectivity index (χ4v) is 1.31. The van der Waals surface area contributed by atoms with Gasteiger partial charge < -0.3 is 4.42 Å². The summed E-state index contributed by atoms with van der Waals surface area (Å²) in [4.78, 5) is 0. The second kappa shape index (κ2) is 3.09. The van der Waals surface area contributed by atoms with Gasteiger partial charge >= 0.3 is 0 Å². The fraction of sp³-hybridized carbons (Fsp3) is 0.167. The van der Waals surface area contributed by atoms with Gasteiger partial charge in [-0.25, -0.2) is 0 Å². The van der Waals surface area contributed by atoms with Crippen LogP contribution in [0.2, 0.25) is 0 Å². The molecule has 0 atom stereocenters. The Morgan fingerprint density at radius 3 is 2.08 bits per heavy atom. The quantitative estimate of drug-likeness (QED) is 0.641. The van der Waals surface area contributed by atoms with Gasteiger partial charge in [0.1, 0.15) is 11.5 Å². The summed E-state index contributed by atoms with van der Waals surface area (Å²) < 4.78 is 5.51. The maximum Gasteiger partial charge on any atom is 0.134 e. The van der Waals surface area contributed by atoms with E-state index in [1.807, 2.05) is 19.1 Å². The largest absolute Gasteiger partial charge is 0.461 e.